The number of carboxylic acids is 1. The Bertz CT molecular complexity index is 864. The van der Waals surface area contributed by atoms with Gasteiger partial charge in [0.2, 0.25) is 0 Å². The number of nitrogens with two attached hydrogens (primary N) is 1. The van der Waals surface area contributed by atoms with E-state index in [2.05, 4.69) is 10.2 Å². The number of hydrogen-bond acceptors (Lipinski definition) is 6. The Hall–Kier alpha value is -3.50. The van der Waals surface area contributed by atoms with Gasteiger partial charge in [0.15, 0.2) is 0 Å². The topological polar surface area (TPSA) is 131 Å². The Labute approximate surface area is 137 Å². The summed E-state index contributed by atoms with van der Waals surface area (Å²) in [5.74, 6) is -1.68. The molecule has 0 atom stereocenters. The van der Waals surface area contributed by atoms with Crippen LogP contribution in [0.1, 0.15) is 15.9 Å². The van der Waals surface area contributed by atoms with E-state index < -0.39 is 39.6 Å². The molecule has 8 nitrogen and oxygen atoms in total. The van der Waals surface area contributed by atoms with E-state index in [9.17, 15) is 28.1 Å². The Morgan fingerprint density at radius 1 is 1.16 bits per heavy atom. The molecule has 0 amide bonds. The highest BCUT2D eigenvalue weighted by Gasteiger charge is 2.40. The smallest absolute Gasteiger partial charge is 0.423 e. The second kappa shape index (κ2) is 6.55. The maximum Gasteiger partial charge on any atom is 0.423 e. The molecule has 11 heteroatoms. The van der Waals surface area contributed by atoms with E-state index in [1.54, 1.807) is 0 Å². The van der Waals surface area contributed by atoms with Gasteiger partial charge in [0.05, 0.1) is 16.2 Å². The minimum absolute atomic E-state index is 0.206. The van der Waals surface area contributed by atoms with Crippen LogP contribution in [0, 0.1) is 10.1 Å². The third kappa shape index (κ3) is 4.07. The molecule has 0 bridgehead atoms. The van der Waals surface area contributed by atoms with Crippen molar-refractivity contribution < 1.29 is 28.0 Å². The lowest BCUT2D eigenvalue weighted by atomic mass is 10.1. The molecule has 0 aliphatic heterocycles. The average molecular weight is 354 g/mol. The predicted octanol–water partition coefficient (Wildman–Crippen LogP) is 4.31. The molecule has 2 aromatic carbocycles. The van der Waals surface area contributed by atoms with Crippen LogP contribution >= 0.6 is 0 Å². The molecule has 0 saturated carbocycles. The van der Waals surface area contributed by atoms with E-state index in [1.807, 2.05) is 0 Å². The molecule has 2 aromatic rings. The highest BCUT2D eigenvalue weighted by atomic mass is 19.4. The van der Waals surface area contributed by atoms with Crippen LogP contribution in [-0.2, 0) is 6.18 Å². The zero-order valence-corrected chi connectivity index (χ0v) is 12.2. The largest absolute Gasteiger partial charge is 0.478 e. The number of rotatable bonds is 4. The third-order valence-electron chi connectivity index (χ3n) is 3.01. The second-order valence-corrected chi connectivity index (χ2v) is 4.74. The Balaban J connectivity index is 2.60. The van der Waals surface area contributed by atoms with Gasteiger partial charge >= 0.3 is 12.1 Å². The van der Waals surface area contributed by atoms with Gasteiger partial charge in [0.1, 0.15) is 11.3 Å². The van der Waals surface area contributed by atoms with E-state index in [4.69, 9.17) is 10.8 Å². The van der Waals surface area contributed by atoms with Crippen LogP contribution in [0.4, 0.5) is 35.9 Å². The van der Waals surface area contributed by atoms with Crippen molar-refractivity contribution in [1.29, 1.82) is 0 Å². The van der Waals surface area contributed by atoms with Crippen LogP contribution in [0.3, 0.4) is 0 Å². The molecule has 0 spiro atoms. The lowest BCUT2D eigenvalue weighted by molar-refractivity contribution is -0.388. The molecular formula is C14H9F3N4O4. The Kier molecular flexibility index (Phi) is 4.68. The molecule has 0 aliphatic rings. The first-order valence-electron chi connectivity index (χ1n) is 6.50. The third-order valence-corrected chi connectivity index (χ3v) is 3.01. The number of nitro groups is 1. The van der Waals surface area contributed by atoms with E-state index >= 15 is 0 Å². The maximum atomic E-state index is 13.0. The van der Waals surface area contributed by atoms with Crippen molar-refractivity contribution in [2.75, 3.05) is 5.73 Å². The number of carboxylic acid groups (broad SMARTS) is 1. The molecule has 0 radical (unpaired) electrons. The van der Waals surface area contributed by atoms with Crippen LogP contribution in [0.5, 0.6) is 0 Å². The van der Waals surface area contributed by atoms with Crippen molar-refractivity contribution in [3.63, 3.8) is 0 Å². The summed E-state index contributed by atoms with van der Waals surface area (Å²) in [5.41, 5.74) is 1.66. The molecular weight excluding hydrogens is 345 g/mol. The first-order valence-corrected chi connectivity index (χ1v) is 6.50. The van der Waals surface area contributed by atoms with Gasteiger partial charge in [-0.1, -0.05) is 0 Å². The van der Waals surface area contributed by atoms with Crippen LogP contribution in [0.15, 0.2) is 46.6 Å². The minimum atomic E-state index is -5.06. The molecule has 0 unspecified atom stereocenters. The van der Waals surface area contributed by atoms with Crippen molar-refractivity contribution in [3.8, 4) is 0 Å². The molecule has 3 N–H and O–H groups in total. The molecule has 0 aromatic heterocycles. The van der Waals surface area contributed by atoms with Crippen LogP contribution in [0.2, 0.25) is 0 Å². The summed E-state index contributed by atoms with van der Waals surface area (Å²) in [7, 11) is 0. The van der Waals surface area contributed by atoms with Gasteiger partial charge in [-0.3, -0.25) is 10.1 Å². The predicted molar refractivity (Wildman–Crippen MR) is 80.1 cm³/mol. The monoisotopic (exact) mass is 354 g/mol. The summed E-state index contributed by atoms with van der Waals surface area (Å²) in [6.45, 7) is 0. The highest BCUT2D eigenvalue weighted by molar-refractivity contribution is 5.94. The number of nitro benzene ring substituents is 1. The van der Waals surface area contributed by atoms with Gasteiger partial charge in [0.25, 0.3) is 5.69 Å². The van der Waals surface area contributed by atoms with Crippen molar-refractivity contribution in [2.24, 2.45) is 10.2 Å². The van der Waals surface area contributed by atoms with E-state index in [-0.39, 0.29) is 11.8 Å². The quantitative estimate of drug-likeness (QED) is 0.365. The van der Waals surface area contributed by atoms with Gasteiger partial charge in [-0.25, -0.2) is 4.79 Å². The second-order valence-electron chi connectivity index (χ2n) is 4.74. The van der Waals surface area contributed by atoms with Gasteiger partial charge in [-0.2, -0.15) is 18.3 Å². The normalized spacial score (nSPS) is 11.6. The van der Waals surface area contributed by atoms with Crippen molar-refractivity contribution >= 4 is 28.7 Å². The number of anilines is 1. The molecule has 0 aliphatic carbocycles. The Morgan fingerprint density at radius 3 is 2.24 bits per heavy atom. The molecule has 130 valence electrons. The number of nitrogens with zero attached hydrogens (tertiary/aromatic N) is 3. The molecule has 25 heavy (non-hydrogen) atoms. The maximum absolute atomic E-state index is 13.0. The number of carbonyl (C=O) groups is 1. The fraction of sp³-hybridized carbons (Fsp3) is 0.0714. The molecule has 0 saturated heterocycles. The number of azo groups is 1. The van der Waals surface area contributed by atoms with E-state index in [0.29, 0.717) is 11.8 Å². The number of alkyl halides is 3. The number of nitrogen functional groups attached to an aromatic ring is 1. The lowest BCUT2D eigenvalue weighted by Gasteiger charge is -2.09. The highest BCUT2D eigenvalue weighted by Crippen LogP contribution is 2.40. The van der Waals surface area contributed by atoms with Gasteiger partial charge in [0, 0.05) is 11.8 Å². The average Bonchev–Trinajstić information content (AvgIpc) is 2.52. The van der Waals surface area contributed by atoms with Crippen molar-refractivity contribution in [2.45, 2.75) is 6.18 Å². The van der Waals surface area contributed by atoms with Crippen molar-refractivity contribution in [1.82, 2.24) is 0 Å². The summed E-state index contributed by atoms with van der Waals surface area (Å²) < 4.78 is 39.0. The fourth-order valence-corrected chi connectivity index (χ4v) is 1.86. The summed E-state index contributed by atoms with van der Waals surface area (Å²) in [5, 5.41) is 27.0. The van der Waals surface area contributed by atoms with Crippen LogP contribution in [-0.4, -0.2) is 16.0 Å². The standard InChI is InChI=1S/C14H9F3N4O4/c15-14(16,17)10-6-11(9(13(22)23)5-12(10)21(24)25)20-19-8-3-1-7(18)2-4-8/h1-6H,18H2,(H,22,23). The zero-order chi connectivity index (χ0) is 18.8. The van der Waals surface area contributed by atoms with Gasteiger partial charge in [-0.15, -0.1) is 5.11 Å². The Morgan fingerprint density at radius 2 is 1.76 bits per heavy atom. The molecule has 0 heterocycles. The number of hydrogen-bond donors (Lipinski definition) is 2. The fourth-order valence-electron chi connectivity index (χ4n) is 1.86. The summed E-state index contributed by atoms with van der Waals surface area (Å²) >= 11 is 0. The van der Waals surface area contributed by atoms with Gasteiger partial charge < -0.3 is 10.8 Å². The minimum Gasteiger partial charge on any atom is -0.478 e. The van der Waals surface area contributed by atoms with Crippen LogP contribution in [0.25, 0.3) is 0 Å². The number of aromatic carboxylic acids is 1. The number of halogens is 3. The SMILES string of the molecule is Nc1ccc(N=Nc2cc(C(F)(F)F)c([N+](=O)[O-])cc2C(=O)O)cc1. The lowest BCUT2D eigenvalue weighted by Crippen LogP contribution is -2.10. The molecule has 0 fully saturated rings. The first-order chi connectivity index (χ1) is 11.6. The summed E-state index contributed by atoms with van der Waals surface area (Å²) in [6.07, 6.45) is -5.06. The van der Waals surface area contributed by atoms with Crippen molar-refractivity contribution in [3.05, 3.63) is 57.6 Å². The van der Waals surface area contributed by atoms with E-state index in [1.165, 1.54) is 24.3 Å². The van der Waals surface area contributed by atoms with E-state index in [0.717, 1.165) is 0 Å². The summed E-state index contributed by atoms with van der Waals surface area (Å²) in [4.78, 5) is 20.7. The summed E-state index contributed by atoms with van der Waals surface area (Å²) in [6, 6.07) is 6.34. The van der Waals surface area contributed by atoms with Crippen LogP contribution < -0.4 is 5.73 Å². The zero-order valence-electron chi connectivity index (χ0n) is 12.2. The molecule has 2 rings (SSSR count). The van der Waals surface area contributed by atoms with Gasteiger partial charge in [-0.05, 0) is 30.3 Å². The first kappa shape index (κ1) is 17.8. The number of benzene rings is 2.